The first-order valence-corrected chi connectivity index (χ1v) is 8.84. The van der Waals surface area contributed by atoms with Crippen LogP contribution < -0.4 is 4.90 Å². The van der Waals surface area contributed by atoms with Gasteiger partial charge in [-0.2, -0.15) is 0 Å². The molecular formula is C19H18ClN3O3. The summed E-state index contributed by atoms with van der Waals surface area (Å²) in [5, 5.41) is 5.25. The lowest BCUT2D eigenvalue weighted by molar-refractivity contribution is -0.00524. The molecule has 3 heterocycles. The Morgan fingerprint density at radius 2 is 2.08 bits per heavy atom. The van der Waals surface area contributed by atoms with Crippen LogP contribution in [-0.2, 0) is 4.74 Å². The van der Waals surface area contributed by atoms with Gasteiger partial charge in [0, 0.05) is 36.6 Å². The smallest absolute Gasteiger partial charge is 0.188 e. The van der Waals surface area contributed by atoms with Gasteiger partial charge in [-0.1, -0.05) is 16.8 Å². The Bertz CT molecular complexity index is 948. The van der Waals surface area contributed by atoms with Crippen LogP contribution in [0.3, 0.4) is 0 Å². The quantitative estimate of drug-likeness (QED) is 0.649. The average Bonchev–Trinajstić information content (AvgIpc) is 3.05. The van der Waals surface area contributed by atoms with Crippen LogP contribution in [0.1, 0.15) is 24.2 Å². The molecule has 2 aromatic heterocycles. The van der Waals surface area contributed by atoms with Gasteiger partial charge in [0.25, 0.3) is 0 Å². The molecule has 7 heteroatoms. The molecule has 4 rings (SSSR count). The predicted octanol–water partition coefficient (Wildman–Crippen LogP) is 3.97. The van der Waals surface area contributed by atoms with Gasteiger partial charge in [-0.05, 0) is 32.0 Å². The van der Waals surface area contributed by atoms with Gasteiger partial charge in [-0.3, -0.25) is 9.78 Å². The van der Waals surface area contributed by atoms with Gasteiger partial charge < -0.3 is 14.2 Å². The van der Waals surface area contributed by atoms with Crippen molar-refractivity contribution in [2.75, 3.05) is 18.0 Å². The summed E-state index contributed by atoms with van der Waals surface area (Å²) in [7, 11) is 0. The summed E-state index contributed by atoms with van der Waals surface area (Å²) in [5.41, 5.74) is 3.08. The second kappa shape index (κ2) is 6.70. The minimum Gasteiger partial charge on any atom is -0.372 e. The maximum Gasteiger partial charge on any atom is 0.188 e. The van der Waals surface area contributed by atoms with Crippen LogP contribution in [0.2, 0.25) is 5.02 Å². The van der Waals surface area contributed by atoms with Crippen molar-refractivity contribution in [1.82, 2.24) is 10.1 Å². The van der Waals surface area contributed by atoms with Gasteiger partial charge in [0.05, 0.1) is 23.3 Å². The third-order valence-corrected chi connectivity index (χ3v) is 4.86. The van der Waals surface area contributed by atoms with Crippen molar-refractivity contribution in [3.05, 3.63) is 41.2 Å². The van der Waals surface area contributed by atoms with Gasteiger partial charge >= 0.3 is 0 Å². The second-order valence-electron chi connectivity index (χ2n) is 6.56. The van der Waals surface area contributed by atoms with E-state index in [0.29, 0.717) is 46.0 Å². The summed E-state index contributed by atoms with van der Waals surface area (Å²) in [4.78, 5) is 18.0. The van der Waals surface area contributed by atoms with E-state index in [1.807, 2.05) is 26.0 Å². The molecule has 0 spiro atoms. The number of halogens is 1. The summed E-state index contributed by atoms with van der Waals surface area (Å²) in [6.07, 6.45) is 4.31. The van der Waals surface area contributed by atoms with E-state index in [-0.39, 0.29) is 12.2 Å². The second-order valence-corrected chi connectivity index (χ2v) is 6.94. The van der Waals surface area contributed by atoms with Gasteiger partial charge in [-0.25, -0.2) is 0 Å². The van der Waals surface area contributed by atoms with E-state index in [1.165, 1.54) is 0 Å². The lowest BCUT2D eigenvalue weighted by Gasteiger charge is -2.37. The summed E-state index contributed by atoms with van der Waals surface area (Å²) in [6, 6.07) is 5.49. The number of aldehydes is 1. The first-order valence-electron chi connectivity index (χ1n) is 8.46. The van der Waals surface area contributed by atoms with Crippen LogP contribution in [0.25, 0.3) is 22.2 Å². The fourth-order valence-corrected chi connectivity index (χ4v) is 3.90. The minimum atomic E-state index is 0.0469. The summed E-state index contributed by atoms with van der Waals surface area (Å²) >= 11 is 6.66. The van der Waals surface area contributed by atoms with Crippen molar-refractivity contribution in [3.8, 4) is 11.3 Å². The number of morpholine rings is 1. The zero-order valence-electron chi connectivity index (χ0n) is 14.5. The molecule has 0 saturated carbocycles. The van der Waals surface area contributed by atoms with Crippen molar-refractivity contribution < 1.29 is 14.1 Å². The Labute approximate surface area is 155 Å². The lowest BCUT2D eigenvalue weighted by Crippen LogP contribution is -2.46. The summed E-state index contributed by atoms with van der Waals surface area (Å²) in [6.45, 7) is 5.31. The first kappa shape index (κ1) is 17.0. The normalized spacial score (nSPS) is 20.5. The Balaban J connectivity index is 1.88. The number of pyridine rings is 1. The number of nitrogens with zero attached hydrogens (tertiary/aromatic N) is 3. The van der Waals surface area contributed by atoms with E-state index in [1.54, 1.807) is 18.5 Å². The molecule has 0 radical (unpaired) electrons. The van der Waals surface area contributed by atoms with Crippen LogP contribution in [0.15, 0.2) is 35.1 Å². The van der Waals surface area contributed by atoms with Crippen molar-refractivity contribution in [2.45, 2.75) is 26.1 Å². The molecule has 1 aliphatic rings. The van der Waals surface area contributed by atoms with Gasteiger partial charge in [0.2, 0.25) is 0 Å². The molecule has 26 heavy (non-hydrogen) atoms. The third-order valence-electron chi connectivity index (χ3n) is 4.51. The molecule has 3 aromatic rings. The molecule has 1 saturated heterocycles. The van der Waals surface area contributed by atoms with Crippen molar-refractivity contribution in [1.29, 1.82) is 0 Å². The van der Waals surface area contributed by atoms with Gasteiger partial charge in [0.15, 0.2) is 11.9 Å². The number of ether oxygens (including phenoxy) is 1. The Morgan fingerprint density at radius 3 is 2.73 bits per heavy atom. The van der Waals surface area contributed by atoms with E-state index in [4.69, 9.17) is 20.9 Å². The van der Waals surface area contributed by atoms with Crippen LogP contribution >= 0.6 is 11.6 Å². The highest BCUT2D eigenvalue weighted by Gasteiger charge is 2.28. The fourth-order valence-electron chi connectivity index (χ4n) is 3.53. The van der Waals surface area contributed by atoms with Crippen molar-refractivity contribution in [3.63, 3.8) is 0 Å². The predicted molar refractivity (Wildman–Crippen MR) is 99.9 cm³/mol. The number of carbonyl (C=O) groups excluding carboxylic acids is 1. The van der Waals surface area contributed by atoms with Crippen LogP contribution in [0, 0.1) is 0 Å². The number of rotatable bonds is 3. The highest BCUT2D eigenvalue weighted by atomic mass is 35.5. The summed E-state index contributed by atoms with van der Waals surface area (Å²) < 4.78 is 11.3. The Hall–Kier alpha value is -2.44. The molecule has 0 N–H and O–H groups in total. The van der Waals surface area contributed by atoms with Crippen molar-refractivity contribution in [2.24, 2.45) is 0 Å². The molecule has 2 atom stereocenters. The molecule has 0 amide bonds. The molecule has 1 aromatic carbocycles. The minimum absolute atomic E-state index is 0.0469. The van der Waals surface area contributed by atoms with E-state index in [0.717, 1.165) is 11.8 Å². The number of benzene rings is 1. The molecule has 2 unspecified atom stereocenters. The third kappa shape index (κ3) is 2.85. The SMILES string of the molecule is CC1CN(c2c(C=O)cc3c(-c4cccnc4)noc3c2Cl)CC(C)O1. The maximum absolute atomic E-state index is 11.8. The first-order chi connectivity index (χ1) is 12.6. The fraction of sp³-hybridized carbons (Fsp3) is 0.316. The number of hydrogen-bond acceptors (Lipinski definition) is 6. The maximum atomic E-state index is 11.8. The van der Waals surface area contributed by atoms with Crippen LogP contribution in [0.5, 0.6) is 0 Å². The Kier molecular flexibility index (Phi) is 4.38. The highest BCUT2D eigenvalue weighted by molar-refractivity contribution is 6.38. The van der Waals surface area contributed by atoms with Gasteiger partial charge in [-0.15, -0.1) is 0 Å². The van der Waals surface area contributed by atoms with Crippen LogP contribution in [-0.4, -0.2) is 41.7 Å². The van der Waals surface area contributed by atoms with Crippen LogP contribution in [0.4, 0.5) is 5.69 Å². The molecule has 6 nitrogen and oxygen atoms in total. The van der Waals surface area contributed by atoms with E-state index in [2.05, 4.69) is 15.0 Å². The lowest BCUT2D eigenvalue weighted by atomic mass is 10.0. The largest absolute Gasteiger partial charge is 0.372 e. The topological polar surface area (TPSA) is 68.5 Å². The average molecular weight is 372 g/mol. The zero-order valence-corrected chi connectivity index (χ0v) is 15.2. The van der Waals surface area contributed by atoms with Crippen molar-refractivity contribution >= 4 is 34.5 Å². The molecule has 0 bridgehead atoms. The highest BCUT2D eigenvalue weighted by Crippen LogP contribution is 2.40. The van der Waals surface area contributed by atoms with E-state index in [9.17, 15) is 4.79 Å². The number of aromatic nitrogens is 2. The number of hydrogen-bond donors (Lipinski definition) is 0. The molecule has 1 fully saturated rings. The molecule has 0 aliphatic carbocycles. The number of anilines is 1. The molecule has 134 valence electrons. The van der Waals surface area contributed by atoms with Gasteiger partial charge in [0.1, 0.15) is 10.7 Å². The zero-order chi connectivity index (χ0) is 18.3. The Morgan fingerprint density at radius 1 is 1.31 bits per heavy atom. The number of carbonyl (C=O) groups is 1. The molecule has 1 aliphatic heterocycles. The molecular weight excluding hydrogens is 354 g/mol. The van der Waals surface area contributed by atoms with E-state index >= 15 is 0 Å². The standard InChI is InChI=1S/C19H18ClN3O3/c1-11-8-23(9-12(2)25-11)18-14(10-24)6-15-17(13-4-3-5-21-7-13)22-26-19(15)16(18)20/h3-7,10-12H,8-9H2,1-2H3. The van der Waals surface area contributed by atoms with E-state index < -0.39 is 0 Å². The number of fused-ring (bicyclic) bond motifs is 1. The summed E-state index contributed by atoms with van der Waals surface area (Å²) in [5.74, 6) is 0. The monoisotopic (exact) mass is 371 g/mol.